The Morgan fingerprint density at radius 3 is 2.32 bits per heavy atom. The van der Waals surface area contributed by atoms with Crippen LogP contribution in [0.3, 0.4) is 0 Å². The second-order valence-electron chi connectivity index (χ2n) is 7.30. The second-order valence-corrected chi connectivity index (χ2v) is 7.71. The van der Waals surface area contributed by atoms with Crippen molar-refractivity contribution in [1.82, 2.24) is 0 Å². The topological polar surface area (TPSA) is 74.3 Å². The number of ether oxygens (including phenoxy) is 4. The highest BCUT2D eigenvalue weighted by atomic mass is 35.5. The van der Waals surface area contributed by atoms with Crippen molar-refractivity contribution in [2.24, 2.45) is 0 Å². The van der Waals surface area contributed by atoms with Crippen molar-refractivity contribution in [2.45, 2.75) is 19.3 Å². The summed E-state index contributed by atoms with van der Waals surface area (Å²) in [7, 11) is 4.58. The number of carbonyl (C=O) groups excluding carboxylic acids is 2. The molecule has 0 aliphatic carbocycles. The molecule has 2 aromatic rings. The van der Waals surface area contributed by atoms with Crippen LogP contribution in [-0.2, 0) is 14.3 Å². The second kappa shape index (κ2) is 8.15. The van der Waals surface area contributed by atoms with Gasteiger partial charge in [0.2, 0.25) is 5.91 Å². The van der Waals surface area contributed by atoms with Gasteiger partial charge in [0.15, 0.2) is 11.5 Å². The Kier molecular flexibility index (Phi) is 5.54. The van der Waals surface area contributed by atoms with Gasteiger partial charge in [0, 0.05) is 29.0 Å². The van der Waals surface area contributed by atoms with Crippen LogP contribution < -0.4 is 19.1 Å². The predicted molar refractivity (Wildman–Crippen MR) is 115 cm³/mol. The maximum Gasteiger partial charge on any atom is 0.336 e. The smallest absolute Gasteiger partial charge is 0.336 e. The minimum absolute atomic E-state index is 0.0114. The summed E-state index contributed by atoms with van der Waals surface area (Å²) in [5.74, 6) is 0.306. The Balaban J connectivity index is 1.87. The molecule has 4 rings (SSSR count). The standard InChI is InChI=1S/C23H22ClNO6/c1-12-5-6-13(7-16(12)24)25-17-11-31-23(27)22(17)15(9-21(25)26)14-8-19(29-3)20(30-4)10-18(14)28-2/h5-8,10,15H,9,11H2,1-4H3/t15-/m1/s1. The Bertz CT molecular complexity index is 1110. The molecule has 0 saturated carbocycles. The van der Waals surface area contributed by atoms with Crippen LogP contribution in [0.1, 0.15) is 23.5 Å². The van der Waals surface area contributed by atoms with Crippen LogP contribution in [0.15, 0.2) is 41.6 Å². The molecule has 0 aromatic heterocycles. The van der Waals surface area contributed by atoms with Crippen molar-refractivity contribution >= 4 is 29.2 Å². The number of halogens is 1. The van der Waals surface area contributed by atoms with E-state index < -0.39 is 11.9 Å². The molecule has 162 valence electrons. The van der Waals surface area contributed by atoms with Crippen molar-refractivity contribution in [3.63, 3.8) is 0 Å². The van der Waals surface area contributed by atoms with Gasteiger partial charge in [-0.2, -0.15) is 0 Å². The number of hydrogen-bond donors (Lipinski definition) is 0. The van der Waals surface area contributed by atoms with E-state index in [-0.39, 0.29) is 18.9 Å². The molecule has 8 heteroatoms. The number of nitrogens with zero attached hydrogens (tertiary/aromatic N) is 1. The normalized spacial score (nSPS) is 18.1. The quantitative estimate of drug-likeness (QED) is 0.650. The van der Waals surface area contributed by atoms with Crippen LogP contribution in [0.25, 0.3) is 0 Å². The molecule has 2 heterocycles. The van der Waals surface area contributed by atoms with Gasteiger partial charge in [-0.25, -0.2) is 4.79 Å². The Morgan fingerprint density at radius 2 is 1.68 bits per heavy atom. The Hall–Kier alpha value is -3.19. The maximum absolute atomic E-state index is 13.3. The SMILES string of the molecule is COc1cc(OC)c([C@H]2CC(=O)N(c3ccc(C)c(Cl)c3)C3=C2C(=O)OC3)cc1OC. The number of benzene rings is 2. The van der Waals surface area contributed by atoms with Crippen LogP contribution >= 0.6 is 11.6 Å². The Morgan fingerprint density at radius 1 is 1.00 bits per heavy atom. The number of cyclic esters (lactones) is 1. The molecule has 0 saturated heterocycles. The van der Waals surface area contributed by atoms with E-state index in [4.69, 9.17) is 30.5 Å². The Labute approximate surface area is 185 Å². The summed E-state index contributed by atoms with van der Waals surface area (Å²) in [4.78, 5) is 27.5. The zero-order valence-corrected chi connectivity index (χ0v) is 18.4. The average Bonchev–Trinajstić information content (AvgIpc) is 3.15. The van der Waals surface area contributed by atoms with E-state index in [1.165, 1.54) is 26.2 Å². The zero-order chi connectivity index (χ0) is 22.3. The number of carbonyl (C=O) groups is 2. The largest absolute Gasteiger partial charge is 0.496 e. The fourth-order valence-electron chi connectivity index (χ4n) is 4.07. The summed E-state index contributed by atoms with van der Waals surface area (Å²) in [6, 6.07) is 8.80. The van der Waals surface area contributed by atoms with E-state index in [1.807, 2.05) is 19.1 Å². The highest BCUT2D eigenvalue weighted by Crippen LogP contribution is 2.47. The molecular weight excluding hydrogens is 422 g/mol. The number of amides is 1. The van der Waals surface area contributed by atoms with Crippen LogP contribution in [-0.4, -0.2) is 39.8 Å². The van der Waals surface area contributed by atoms with Gasteiger partial charge >= 0.3 is 5.97 Å². The summed E-state index contributed by atoms with van der Waals surface area (Å²) >= 11 is 6.28. The van der Waals surface area contributed by atoms with Gasteiger partial charge in [-0.15, -0.1) is 0 Å². The van der Waals surface area contributed by atoms with Crippen LogP contribution in [0.4, 0.5) is 5.69 Å². The number of methoxy groups -OCH3 is 3. The van der Waals surface area contributed by atoms with Crippen LogP contribution in [0, 0.1) is 6.92 Å². The van der Waals surface area contributed by atoms with Gasteiger partial charge in [-0.3, -0.25) is 9.69 Å². The lowest BCUT2D eigenvalue weighted by atomic mass is 9.83. The third-order valence-corrected chi connectivity index (χ3v) is 6.05. The van der Waals surface area contributed by atoms with Gasteiger partial charge in [0.05, 0.1) is 38.3 Å². The van der Waals surface area contributed by atoms with Gasteiger partial charge in [-0.05, 0) is 30.7 Å². The minimum Gasteiger partial charge on any atom is -0.496 e. The van der Waals surface area contributed by atoms with Crippen molar-refractivity contribution in [2.75, 3.05) is 32.8 Å². The summed E-state index contributed by atoms with van der Waals surface area (Å²) in [5, 5.41) is 0.543. The van der Waals surface area contributed by atoms with Gasteiger partial charge in [-0.1, -0.05) is 17.7 Å². The molecule has 2 aromatic carbocycles. The van der Waals surface area contributed by atoms with Crippen molar-refractivity contribution in [3.8, 4) is 17.2 Å². The summed E-state index contributed by atoms with van der Waals surface area (Å²) in [6.07, 6.45) is 0.0608. The summed E-state index contributed by atoms with van der Waals surface area (Å²) in [5.41, 5.74) is 3.10. The highest BCUT2D eigenvalue weighted by Gasteiger charge is 2.44. The first kappa shape index (κ1) is 21.1. The molecule has 0 unspecified atom stereocenters. The molecule has 0 radical (unpaired) electrons. The third-order valence-electron chi connectivity index (χ3n) is 5.64. The molecule has 7 nitrogen and oxygen atoms in total. The number of rotatable bonds is 5. The lowest BCUT2D eigenvalue weighted by molar-refractivity contribution is -0.136. The molecule has 1 amide bonds. The molecule has 0 fully saturated rings. The average molecular weight is 444 g/mol. The number of hydrogen-bond acceptors (Lipinski definition) is 6. The molecule has 2 aliphatic heterocycles. The lowest BCUT2D eigenvalue weighted by Crippen LogP contribution is -2.37. The first-order valence-electron chi connectivity index (χ1n) is 9.68. The molecule has 1 atom stereocenters. The van der Waals surface area contributed by atoms with E-state index in [9.17, 15) is 9.59 Å². The molecule has 2 aliphatic rings. The monoisotopic (exact) mass is 443 g/mol. The fourth-order valence-corrected chi connectivity index (χ4v) is 4.24. The van der Waals surface area contributed by atoms with E-state index in [1.54, 1.807) is 18.2 Å². The molecular formula is C23H22ClNO6. The minimum atomic E-state index is -0.538. The van der Waals surface area contributed by atoms with E-state index in [2.05, 4.69) is 0 Å². The number of aryl methyl sites for hydroxylation is 1. The number of esters is 1. The molecule has 0 N–H and O–H groups in total. The van der Waals surface area contributed by atoms with Crippen molar-refractivity contribution < 1.29 is 28.5 Å². The maximum atomic E-state index is 13.3. The first-order valence-corrected chi connectivity index (χ1v) is 10.1. The van der Waals surface area contributed by atoms with Gasteiger partial charge < -0.3 is 18.9 Å². The van der Waals surface area contributed by atoms with E-state index >= 15 is 0 Å². The number of anilines is 1. The van der Waals surface area contributed by atoms with E-state index in [0.717, 1.165) is 5.56 Å². The van der Waals surface area contributed by atoms with Crippen molar-refractivity contribution in [1.29, 1.82) is 0 Å². The summed E-state index contributed by atoms with van der Waals surface area (Å²) < 4.78 is 21.7. The van der Waals surface area contributed by atoms with Crippen LogP contribution in [0.5, 0.6) is 17.2 Å². The predicted octanol–water partition coefficient (Wildman–Crippen LogP) is 4.01. The van der Waals surface area contributed by atoms with Crippen LogP contribution in [0.2, 0.25) is 5.02 Å². The lowest BCUT2D eigenvalue weighted by Gasteiger charge is -2.32. The molecule has 31 heavy (non-hydrogen) atoms. The zero-order valence-electron chi connectivity index (χ0n) is 17.7. The first-order chi connectivity index (χ1) is 14.9. The van der Waals surface area contributed by atoms with Crippen molar-refractivity contribution in [3.05, 3.63) is 57.8 Å². The third kappa shape index (κ3) is 3.49. The van der Waals surface area contributed by atoms with E-state index in [0.29, 0.717) is 44.8 Å². The fraction of sp³-hybridized carbons (Fsp3) is 0.304. The molecule has 0 spiro atoms. The van der Waals surface area contributed by atoms with Gasteiger partial charge in [0.1, 0.15) is 12.4 Å². The highest BCUT2D eigenvalue weighted by molar-refractivity contribution is 6.31. The van der Waals surface area contributed by atoms with Gasteiger partial charge in [0.25, 0.3) is 0 Å². The summed E-state index contributed by atoms with van der Waals surface area (Å²) in [6.45, 7) is 1.90. The molecule has 0 bridgehead atoms.